The Balaban J connectivity index is 1.74. The highest BCUT2D eigenvalue weighted by atomic mass is 79.9. The maximum atomic E-state index is 6.21. The van der Waals surface area contributed by atoms with Gasteiger partial charge in [-0.3, -0.25) is 0 Å². The van der Waals surface area contributed by atoms with Crippen molar-refractivity contribution >= 4 is 56.4 Å². The molecule has 0 atom stereocenters. The summed E-state index contributed by atoms with van der Waals surface area (Å²) in [5, 5.41) is 5.12. The van der Waals surface area contributed by atoms with Crippen LogP contribution < -0.4 is 14.8 Å². The average molecular weight is 502 g/mol. The molecule has 0 spiro atoms. The Morgan fingerprint density at radius 2 is 1.75 bits per heavy atom. The maximum absolute atomic E-state index is 6.21. The lowest BCUT2D eigenvalue weighted by atomic mass is 10.2. The predicted octanol–water partition coefficient (Wildman–Crippen LogP) is 7.61. The average Bonchev–Trinajstić information content (AvgIpc) is 2.67. The van der Waals surface area contributed by atoms with Crippen molar-refractivity contribution in [1.82, 2.24) is 0 Å². The number of methoxy groups -OCH3 is 1. The molecule has 0 unspecified atom stereocenters. The van der Waals surface area contributed by atoms with Crippen LogP contribution in [0.5, 0.6) is 11.5 Å². The molecule has 0 aliphatic heterocycles. The molecule has 0 aliphatic rings. The fourth-order valence-electron chi connectivity index (χ4n) is 2.61. The summed E-state index contributed by atoms with van der Waals surface area (Å²) in [5.41, 5.74) is 2.71. The van der Waals surface area contributed by atoms with Crippen molar-refractivity contribution < 1.29 is 9.47 Å². The van der Waals surface area contributed by atoms with E-state index in [0.29, 0.717) is 39.7 Å². The number of rotatable bonds is 7. The first-order chi connectivity index (χ1) is 13.5. The van der Waals surface area contributed by atoms with E-state index in [1.54, 1.807) is 19.2 Å². The minimum absolute atomic E-state index is 0.340. The lowest BCUT2D eigenvalue weighted by molar-refractivity contribution is 0.282. The summed E-state index contributed by atoms with van der Waals surface area (Å²) >= 11 is 21.9. The molecule has 3 aromatic rings. The summed E-state index contributed by atoms with van der Waals surface area (Å²) in [6.07, 6.45) is 0. The van der Waals surface area contributed by atoms with Crippen LogP contribution in [0.25, 0.3) is 0 Å². The van der Waals surface area contributed by atoms with Crippen molar-refractivity contribution in [3.8, 4) is 11.5 Å². The Kier molecular flexibility index (Phi) is 7.36. The van der Waals surface area contributed by atoms with Crippen molar-refractivity contribution in [2.24, 2.45) is 0 Å². The highest BCUT2D eigenvalue weighted by molar-refractivity contribution is 9.10. The third kappa shape index (κ3) is 5.26. The molecule has 0 heterocycles. The molecular formula is C21H17BrCl3NO2. The first kappa shape index (κ1) is 21.1. The van der Waals surface area contributed by atoms with E-state index in [0.717, 1.165) is 21.3 Å². The molecule has 3 rings (SSSR count). The fraction of sp³-hybridized carbons (Fsp3) is 0.143. The largest absolute Gasteiger partial charge is 0.493 e. The van der Waals surface area contributed by atoms with Crippen molar-refractivity contribution in [3.63, 3.8) is 0 Å². The molecule has 0 fully saturated rings. The van der Waals surface area contributed by atoms with Crippen LogP contribution in [0.4, 0.5) is 5.69 Å². The molecule has 0 aliphatic carbocycles. The van der Waals surface area contributed by atoms with Gasteiger partial charge in [0.2, 0.25) is 0 Å². The van der Waals surface area contributed by atoms with Crippen molar-refractivity contribution in [3.05, 3.63) is 85.3 Å². The van der Waals surface area contributed by atoms with E-state index in [1.807, 2.05) is 42.5 Å². The second kappa shape index (κ2) is 9.75. The van der Waals surface area contributed by atoms with Crippen LogP contribution in [-0.2, 0) is 13.2 Å². The number of benzene rings is 3. The van der Waals surface area contributed by atoms with Crippen LogP contribution in [0.3, 0.4) is 0 Å². The second-order valence-electron chi connectivity index (χ2n) is 5.97. The first-order valence-corrected chi connectivity index (χ1v) is 10.3. The molecule has 0 saturated heterocycles. The zero-order valence-corrected chi connectivity index (χ0v) is 18.8. The van der Waals surface area contributed by atoms with Gasteiger partial charge in [-0.1, -0.05) is 53.0 Å². The summed E-state index contributed by atoms with van der Waals surface area (Å²) in [6, 6.07) is 16.8. The molecule has 28 heavy (non-hydrogen) atoms. The molecule has 7 heteroatoms. The Labute approximate surface area is 187 Å². The Morgan fingerprint density at radius 1 is 0.964 bits per heavy atom. The van der Waals surface area contributed by atoms with E-state index >= 15 is 0 Å². The van der Waals surface area contributed by atoms with Gasteiger partial charge in [-0.05, 0) is 57.9 Å². The fourth-order valence-corrected chi connectivity index (χ4v) is 3.88. The van der Waals surface area contributed by atoms with E-state index in [1.165, 1.54) is 0 Å². The second-order valence-corrected chi connectivity index (χ2v) is 8.07. The van der Waals surface area contributed by atoms with Crippen molar-refractivity contribution in [1.29, 1.82) is 0 Å². The molecule has 3 nitrogen and oxygen atoms in total. The van der Waals surface area contributed by atoms with Gasteiger partial charge in [0, 0.05) is 22.2 Å². The zero-order chi connectivity index (χ0) is 20.1. The van der Waals surface area contributed by atoms with Crippen LogP contribution in [0.15, 0.2) is 59.1 Å². The van der Waals surface area contributed by atoms with Gasteiger partial charge >= 0.3 is 0 Å². The van der Waals surface area contributed by atoms with Gasteiger partial charge in [0.25, 0.3) is 0 Å². The molecular weight excluding hydrogens is 484 g/mol. The molecule has 1 N–H and O–H groups in total. The lowest BCUT2D eigenvalue weighted by Crippen LogP contribution is -2.03. The van der Waals surface area contributed by atoms with Crippen molar-refractivity contribution in [2.45, 2.75) is 13.2 Å². The van der Waals surface area contributed by atoms with Gasteiger partial charge in [0.15, 0.2) is 11.5 Å². The molecule has 3 aromatic carbocycles. The topological polar surface area (TPSA) is 30.5 Å². The molecule has 0 bridgehead atoms. The van der Waals surface area contributed by atoms with E-state index < -0.39 is 0 Å². The molecule has 0 aromatic heterocycles. The smallest absolute Gasteiger partial charge is 0.175 e. The van der Waals surface area contributed by atoms with Crippen LogP contribution >= 0.6 is 50.7 Å². The minimum Gasteiger partial charge on any atom is -0.493 e. The van der Waals surface area contributed by atoms with E-state index in [2.05, 4.69) is 21.2 Å². The summed E-state index contributed by atoms with van der Waals surface area (Å²) in [4.78, 5) is 0. The third-order valence-corrected chi connectivity index (χ3v) is 5.54. The van der Waals surface area contributed by atoms with E-state index in [-0.39, 0.29) is 0 Å². The van der Waals surface area contributed by atoms with E-state index in [9.17, 15) is 0 Å². The van der Waals surface area contributed by atoms with Crippen molar-refractivity contribution in [2.75, 3.05) is 12.4 Å². The number of hydrogen-bond acceptors (Lipinski definition) is 3. The first-order valence-electron chi connectivity index (χ1n) is 8.39. The SMILES string of the molecule is COc1cc(CNc2ccc(Cl)cc2Cl)cc(Br)c1OCc1ccccc1Cl. The number of hydrogen-bond donors (Lipinski definition) is 1. The number of nitrogens with one attached hydrogen (secondary N) is 1. The third-order valence-electron chi connectivity index (χ3n) is 4.03. The molecule has 0 radical (unpaired) electrons. The van der Waals surface area contributed by atoms with Gasteiger partial charge in [-0.2, -0.15) is 0 Å². The zero-order valence-electron chi connectivity index (χ0n) is 14.9. The molecule has 0 saturated carbocycles. The van der Waals surface area contributed by atoms with Crippen LogP contribution in [0, 0.1) is 0 Å². The van der Waals surface area contributed by atoms with Crippen LogP contribution in [-0.4, -0.2) is 7.11 Å². The quantitative estimate of drug-likeness (QED) is 0.361. The van der Waals surface area contributed by atoms with Gasteiger partial charge < -0.3 is 14.8 Å². The summed E-state index contributed by atoms with van der Waals surface area (Å²) < 4.78 is 12.3. The molecule has 146 valence electrons. The minimum atomic E-state index is 0.340. The Morgan fingerprint density at radius 3 is 2.46 bits per heavy atom. The summed E-state index contributed by atoms with van der Waals surface area (Å²) in [6.45, 7) is 0.897. The van der Waals surface area contributed by atoms with Crippen LogP contribution in [0.2, 0.25) is 15.1 Å². The Bertz CT molecular complexity index is 982. The van der Waals surface area contributed by atoms with Gasteiger partial charge in [-0.25, -0.2) is 0 Å². The Hall–Kier alpha value is -1.59. The summed E-state index contributed by atoms with van der Waals surface area (Å²) in [7, 11) is 1.61. The van der Waals surface area contributed by atoms with Gasteiger partial charge in [0.05, 0.1) is 22.3 Å². The highest BCUT2D eigenvalue weighted by Crippen LogP contribution is 2.38. The van der Waals surface area contributed by atoms with E-state index in [4.69, 9.17) is 44.3 Å². The standard InChI is InChI=1S/C21H17BrCl3NO2/c1-27-20-9-13(11-26-19-7-6-15(23)10-18(19)25)8-16(22)21(20)28-12-14-4-2-3-5-17(14)24/h2-10,26H,11-12H2,1H3. The normalized spacial score (nSPS) is 10.6. The molecule has 0 amide bonds. The monoisotopic (exact) mass is 499 g/mol. The number of halogens is 4. The van der Waals surface area contributed by atoms with Gasteiger partial charge in [-0.15, -0.1) is 0 Å². The lowest BCUT2D eigenvalue weighted by Gasteiger charge is -2.16. The summed E-state index contributed by atoms with van der Waals surface area (Å²) in [5.74, 6) is 1.25. The number of ether oxygens (including phenoxy) is 2. The maximum Gasteiger partial charge on any atom is 0.175 e. The van der Waals surface area contributed by atoms with Gasteiger partial charge in [0.1, 0.15) is 6.61 Å². The highest BCUT2D eigenvalue weighted by Gasteiger charge is 2.13. The number of anilines is 1. The van der Waals surface area contributed by atoms with Crippen LogP contribution in [0.1, 0.15) is 11.1 Å². The predicted molar refractivity (Wildman–Crippen MR) is 120 cm³/mol.